The number of phenolic OH excluding ortho intramolecular Hbond substituents is 1. The monoisotopic (exact) mass is 360 g/mol. The van der Waals surface area contributed by atoms with Gasteiger partial charge in [-0.05, 0) is 30.5 Å². The van der Waals surface area contributed by atoms with E-state index in [9.17, 15) is 0 Å². The van der Waals surface area contributed by atoms with Crippen molar-refractivity contribution in [2.24, 2.45) is 0 Å². The minimum Gasteiger partial charge on any atom is -1.00 e. The van der Waals surface area contributed by atoms with E-state index in [1.54, 1.807) is 12.1 Å². The molecular weight excluding hydrogens is 333 g/mol. The summed E-state index contributed by atoms with van der Waals surface area (Å²) in [6, 6.07) is 7.59. The Morgan fingerprint density at radius 3 is 2.00 bits per heavy atom. The number of aryl methyl sites for hydroxylation is 1. The number of aromatic hydroxyl groups is 1. The van der Waals surface area contributed by atoms with E-state index in [1.165, 1.54) is 50.5 Å². The first-order valence-corrected chi connectivity index (χ1v) is 6.61. The summed E-state index contributed by atoms with van der Waals surface area (Å²) in [4.78, 5) is 0. The Morgan fingerprint density at radius 2 is 1.41 bits per heavy atom. The Bertz CT molecular complexity index is 278. The maximum absolute atomic E-state index is 9.15. The van der Waals surface area contributed by atoms with E-state index in [2.05, 4.69) is 6.92 Å². The van der Waals surface area contributed by atoms with Crippen molar-refractivity contribution in [3.05, 3.63) is 29.8 Å². The van der Waals surface area contributed by atoms with Crippen LogP contribution in [-0.4, -0.2) is 54.0 Å². The van der Waals surface area contributed by atoms with Crippen LogP contribution in [0.2, 0.25) is 0 Å². The minimum absolute atomic E-state index is 0. The van der Waals surface area contributed by atoms with Crippen LogP contribution in [-0.2, 0) is 6.42 Å². The molecule has 0 spiro atoms. The predicted molar refractivity (Wildman–Crippen MR) is 77.8 cm³/mol. The molecule has 0 heterocycles. The maximum Gasteiger partial charge on any atom is 2.00 e. The van der Waals surface area contributed by atoms with Crippen molar-refractivity contribution in [3.63, 3.8) is 0 Å². The summed E-state index contributed by atoms with van der Waals surface area (Å²) in [6.45, 7) is 2.25. The molecule has 94 valence electrons. The SMILES string of the molecule is CCCCCCCCCc1ccc(O)cc1.[Ba+2].[H-].[H-]. The van der Waals surface area contributed by atoms with Crippen LogP contribution in [0.4, 0.5) is 0 Å². The van der Waals surface area contributed by atoms with E-state index in [0.717, 1.165) is 6.42 Å². The topological polar surface area (TPSA) is 20.2 Å². The Morgan fingerprint density at radius 1 is 0.882 bits per heavy atom. The summed E-state index contributed by atoms with van der Waals surface area (Å²) in [5.41, 5.74) is 1.34. The van der Waals surface area contributed by atoms with Gasteiger partial charge < -0.3 is 7.96 Å². The fraction of sp³-hybridized carbons (Fsp3) is 0.600. The number of unbranched alkanes of at least 4 members (excludes halogenated alkanes) is 6. The number of rotatable bonds is 8. The average Bonchev–Trinajstić information content (AvgIpc) is 2.30. The quantitative estimate of drug-likeness (QED) is 0.534. The normalized spacial score (nSPS) is 9.94. The van der Waals surface area contributed by atoms with Crippen LogP contribution < -0.4 is 0 Å². The molecule has 0 aliphatic rings. The number of hydrogen-bond acceptors (Lipinski definition) is 1. The van der Waals surface area contributed by atoms with Gasteiger partial charge in [0.2, 0.25) is 0 Å². The molecule has 2 heteroatoms. The molecular formula is C15H26BaO. The zero-order valence-corrected chi connectivity index (χ0v) is 15.6. The van der Waals surface area contributed by atoms with Gasteiger partial charge in [0.05, 0.1) is 0 Å². The minimum atomic E-state index is 0. The standard InChI is InChI=1S/C15H24O.Ba.2H/c1-2-3-4-5-6-7-8-9-14-10-12-15(16)13-11-14;;;/h10-13,16H,2-9H2,1H3;;;/q;+2;2*-1. The molecule has 1 aromatic carbocycles. The molecule has 0 saturated carbocycles. The van der Waals surface area contributed by atoms with Crippen LogP contribution in [0.1, 0.15) is 60.3 Å². The Kier molecular flexibility index (Phi) is 12.1. The van der Waals surface area contributed by atoms with Gasteiger partial charge in [0.15, 0.2) is 0 Å². The molecule has 1 nitrogen and oxygen atoms in total. The van der Waals surface area contributed by atoms with E-state index in [4.69, 9.17) is 5.11 Å². The van der Waals surface area contributed by atoms with Gasteiger partial charge in [-0.2, -0.15) is 0 Å². The van der Waals surface area contributed by atoms with Gasteiger partial charge in [-0.1, -0.05) is 57.6 Å². The van der Waals surface area contributed by atoms with E-state index in [1.807, 2.05) is 12.1 Å². The summed E-state index contributed by atoms with van der Waals surface area (Å²) in [7, 11) is 0. The fourth-order valence-corrected chi connectivity index (χ4v) is 1.95. The van der Waals surface area contributed by atoms with Crippen molar-refractivity contribution in [2.75, 3.05) is 0 Å². The predicted octanol–water partition coefficient (Wildman–Crippen LogP) is 4.53. The molecule has 0 bridgehead atoms. The second-order valence-corrected chi connectivity index (χ2v) is 4.54. The second-order valence-electron chi connectivity index (χ2n) is 4.54. The number of hydrogen-bond donors (Lipinski definition) is 1. The molecule has 0 saturated heterocycles. The zero-order chi connectivity index (χ0) is 11.6. The van der Waals surface area contributed by atoms with Gasteiger partial charge in [0, 0.05) is 0 Å². The first-order valence-electron chi connectivity index (χ1n) is 6.61. The summed E-state index contributed by atoms with van der Waals surface area (Å²) in [5, 5.41) is 9.15. The smallest absolute Gasteiger partial charge is 1.00 e. The van der Waals surface area contributed by atoms with Crippen LogP contribution in [0.3, 0.4) is 0 Å². The van der Waals surface area contributed by atoms with Gasteiger partial charge in [-0.3, -0.25) is 0 Å². The third-order valence-corrected chi connectivity index (χ3v) is 3.01. The molecule has 0 unspecified atom stereocenters. The fourth-order valence-electron chi connectivity index (χ4n) is 1.95. The Hall–Kier alpha value is 0.591. The largest absolute Gasteiger partial charge is 2.00 e. The summed E-state index contributed by atoms with van der Waals surface area (Å²) in [6.07, 6.45) is 10.6. The van der Waals surface area contributed by atoms with E-state index in [0.29, 0.717) is 5.75 Å². The van der Waals surface area contributed by atoms with E-state index in [-0.39, 0.29) is 51.7 Å². The molecule has 17 heavy (non-hydrogen) atoms. The summed E-state index contributed by atoms with van der Waals surface area (Å²) >= 11 is 0. The molecule has 0 aliphatic carbocycles. The molecule has 0 fully saturated rings. The van der Waals surface area contributed by atoms with Crippen molar-refractivity contribution < 1.29 is 7.96 Å². The van der Waals surface area contributed by atoms with Crippen LogP contribution in [0.15, 0.2) is 24.3 Å². The Balaban J connectivity index is -0.000000853. The number of phenols is 1. The summed E-state index contributed by atoms with van der Waals surface area (Å²) < 4.78 is 0. The van der Waals surface area contributed by atoms with Gasteiger partial charge in [0.1, 0.15) is 5.75 Å². The molecule has 0 amide bonds. The molecule has 1 aromatic rings. The van der Waals surface area contributed by atoms with Crippen molar-refractivity contribution in [3.8, 4) is 5.75 Å². The Labute approximate surface area is 149 Å². The van der Waals surface area contributed by atoms with Crippen molar-refractivity contribution in [1.82, 2.24) is 0 Å². The third kappa shape index (κ3) is 9.20. The second kappa shape index (κ2) is 11.7. The average molecular weight is 360 g/mol. The van der Waals surface area contributed by atoms with Gasteiger partial charge in [0.25, 0.3) is 0 Å². The van der Waals surface area contributed by atoms with Crippen LogP contribution in [0.5, 0.6) is 5.75 Å². The van der Waals surface area contributed by atoms with Crippen LogP contribution in [0.25, 0.3) is 0 Å². The molecule has 0 radical (unpaired) electrons. The van der Waals surface area contributed by atoms with Gasteiger partial charge >= 0.3 is 48.9 Å². The van der Waals surface area contributed by atoms with Gasteiger partial charge in [-0.25, -0.2) is 0 Å². The zero-order valence-electron chi connectivity index (χ0n) is 13.1. The van der Waals surface area contributed by atoms with Gasteiger partial charge in [-0.15, -0.1) is 0 Å². The first-order chi connectivity index (χ1) is 7.83. The molecule has 0 aromatic heterocycles. The molecule has 0 atom stereocenters. The molecule has 1 rings (SSSR count). The first kappa shape index (κ1) is 17.6. The summed E-state index contributed by atoms with van der Waals surface area (Å²) in [5.74, 6) is 0.364. The molecule has 0 aliphatic heterocycles. The van der Waals surface area contributed by atoms with Crippen molar-refractivity contribution in [2.45, 2.75) is 58.3 Å². The maximum atomic E-state index is 9.15. The molecule has 1 N–H and O–H groups in total. The number of benzene rings is 1. The van der Waals surface area contributed by atoms with E-state index >= 15 is 0 Å². The van der Waals surface area contributed by atoms with Crippen LogP contribution >= 0.6 is 0 Å². The third-order valence-electron chi connectivity index (χ3n) is 3.01. The van der Waals surface area contributed by atoms with Crippen LogP contribution in [0, 0.1) is 0 Å². The van der Waals surface area contributed by atoms with Crippen molar-refractivity contribution >= 4 is 48.9 Å². The van der Waals surface area contributed by atoms with E-state index < -0.39 is 0 Å². The van der Waals surface area contributed by atoms with Crippen molar-refractivity contribution in [1.29, 1.82) is 0 Å².